The van der Waals surface area contributed by atoms with Crippen LogP contribution in [0, 0.1) is 0 Å². The number of primary sulfonamides is 1. The molecule has 0 aromatic heterocycles. The molecule has 0 saturated carbocycles. The fourth-order valence-electron chi connectivity index (χ4n) is 2.19. The Morgan fingerprint density at radius 1 is 1.50 bits per heavy atom. The molecule has 2 rings (SSSR count). The largest absolute Gasteiger partial charge is 0.493 e. The van der Waals surface area contributed by atoms with Gasteiger partial charge in [0.2, 0.25) is 15.9 Å². The summed E-state index contributed by atoms with van der Waals surface area (Å²) >= 11 is 0. The Morgan fingerprint density at radius 3 is 2.90 bits per heavy atom. The van der Waals surface area contributed by atoms with Crippen LogP contribution in [0.2, 0.25) is 0 Å². The van der Waals surface area contributed by atoms with E-state index in [2.05, 4.69) is 5.32 Å². The highest BCUT2D eigenvalue weighted by molar-refractivity contribution is 7.89. The van der Waals surface area contributed by atoms with E-state index in [4.69, 9.17) is 9.88 Å². The standard InChI is InChI=1S/C13H18N2O4S/c1-2-6-15-13(16)10-5-7-19-12-4-3-9(8-11(10)12)20(14,17)18/h3-4,8,10H,2,5-7H2,1H3,(H,15,16)(H2,14,17,18). The van der Waals surface area contributed by atoms with E-state index in [-0.39, 0.29) is 10.8 Å². The highest BCUT2D eigenvalue weighted by Gasteiger charge is 2.28. The molecule has 1 amide bonds. The maximum Gasteiger partial charge on any atom is 0.238 e. The Balaban J connectivity index is 2.35. The Bertz CT molecular complexity index is 613. The number of fused-ring (bicyclic) bond motifs is 1. The molecular formula is C13H18N2O4S. The average molecular weight is 298 g/mol. The summed E-state index contributed by atoms with van der Waals surface area (Å²) in [4.78, 5) is 12.1. The summed E-state index contributed by atoms with van der Waals surface area (Å²) in [5.74, 6) is 0.0373. The predicted octanol–water partition coefficient (Wildman–Crippen LogP) is 0.726. The smallest absolute Gasteiger partial charge is 0.238 e. The van der Waals surface area contributed by atoms with E-state index in [9.17, 15) is 13.2 Å². The van der Waals surface area contributed by atoms with Crippen molar-refractivity contribution in [2.24, 2.45) is 5.14 Å². The number of rotatable bonds is 4. The number of carbonyl (C=O) groups excluding carboxylic acids is 1. The first-order chi connectivity index (χ1) is 9.43. The molecule has 6 nitrogen and oxygen atoms in total. The van der Waals surface area contributed by atoms with Gasteiger partial charge in [0.05, 0.1) is 17.4 Å². The molecule has 20 heavy (non-hydrogen) atoms. The van der Waals surface area contributed by atoms with E-state index < -0.39 is 15.9 Å². The van der Waals surface area contributed by atoms with Crippen molar-refractivity contribution < 1.29 is 17.9 Å². The van der Waals surface area contributed by atoms with Crippen molar-refractivity contribution in [3.05, 3.63) is 23.8 Å². The second-order valence-electron chi connectivity index (χ2n) is 4.73. The number of carbonyl (C=O) groups is 1. The average Bonchev–Trinajstić information content (AvgIpc) is 2.42. The van der Waals surface area contributed by atoms with Crippen LogP contribution in [0.15, 0.2) is 23.1 Å². The van der Waals surface area contributed by atoms with Gasteiger partial charge in [-0.25, -0.2) is 13.6 Å². The van der Waals surface area contributed by atoms with Gasteiger partial charge in [0.15, 0.2) is 0 Å². The second kappa shape index (κ2) is 5.80. The molecular weight excluding hydrogens is 280 g/mol. The molecule has 1 aliphatic heterocycles. The molecule has 0 radical (unpaired) electrons. The van der Waals surface area contributed by atoms with Gasteiger partial charge in [0.25, 0.3) is 0 Å². The van der Waals surface area contributed by atoms with Crippen LogP contribution in [-0.2, 0) is 14.8 Å². The quantitative estimate of drug-likeness (QED) is 0.856. The normalized spacial score (nSPS) is 18.0. The number of hydrogen-bond acceptors (Lipinski definition) is 4. The summed E-state index contributed by atoms with van der Waals surface area (Å²) < 4.78 is 28.3. The number of nitrogens with two attached hydrogens (primary N) is 1. The lowest BCUT2D eigenvalue weighted by Gasteiger charge is -2.25. The molecule has 0 fully saturated rings. The monoisotopic (exact) mass is 298 g/mol. The van der Waals surface area contributed by atoms with Crippen molar-refractivity contribution in [2.45, 2.75) is 30.6 Å². The third-order valence-electron chi connectivity index (χ3n) is 3.22. The Hall–Kier alpha value is -1.60. The molecule has 1 heterocycles. The van der Waals surface area contributed by atoms with Crippen molar-refractivity contribution in [3.63, 3.8) is 0 Å². The minimum absolute atomic E-state index is 0.00459. The molecule has 0 bridgehead atoms. The van der Waals surface area contributed by atoms with E-state index in [1.807, 2.05) is 6.92 Å². The van der Waals surface area contributed by atoms with E-state index in [0.29, 0.717) is 30.9 Å². The summed E-state index contributed by atoms with van der Waals surface area (Å²) in [6.07, 6.45) is 1.37. The molecule has 1 unspecified atom stereocenters. The van der Waals surface area contributed by atoms with Crippen molar-refractivity contribution in [1.29, 1.82) is 0 Å². The molecule has 3 N–H and O–H groups in total. The van der Waals surface area contributed by atoms with Gasteiger partial charge in [-0.05, 0) is 31.0 Å². The maximum atomic E-state index is 12.1. The van der Waals surface area contributed by atoms with Crippen molar-refractivity contribution in [3.8, 4) is 5.75 Å². The molecule has 110 valence electrons. The molecule has 7 heteroatoms. The van der Waals surface area contributed by atoms with Crippen LogP contribution in [0.5, 0.6) is 5.75 Å². The van der Waals surface area contributed by atoms with Gasteiger partial charge in [0.1, 0.15) is 5.75 Å². The molecule has 1 aromatic rings. The lowest BCUT2D eigenvalue weighted by Crippen LogP contribution is -2.33. The van der Waals surface area contributed by atoms with E-state index >= 15 is 0 Å². The number of benzene rings is 1. The predicted molar refractivity (Wildman–Crippen MR) is 74.0 cm³/mol. The van der Waals surface area contributed by atoms with Crippen LogP contribution >= 0.6 is 0 Å². The third kappa shape index (κ3) is 3.10. The van der Waals surface area contributed by atoms with Gasteiger partial charge in [-0.1, -0.05) is 6.92 Å². The van der Waals surface area contributed by atoms with Crippen LogP contribution in [0.3, 0.4) is 0 Å². The summed E-state index contributed by atoms with van der Waals surface area (Å²) in [5, 5.41) is 7.95. The maximum absolute atomic E-state index is 12.1. The summed E-state index contributed by atoms with van der Waals surface area (Å²) in [6.45, 7) is 3.00. The summed E-state index contributed by atoms with van der Waals surface area (Å²) in [7, 11) is -3.79. The fourth-order valence-corrected chi connectivity index (χ4v) is 2.74. The molecule has 1 aliphatic rings. The Morgan fingerprint density at radius 2 is 2.25 bits per heavy atom. The zero-order valence-electron chi connectivity index (χ0n) is 11.3. The number of ether oxygens (including phenoxy) is 1. The zero-order valence-corrected chi connectivity index (χ0v) is 12.1. The minimum Gasteiger partial charge on any atom is -0.493 e. The third-order valence-corrected chi connectivity index (χ3v) is 4.13. The zero-order chi connectivity index (χ0) is 14.8. The molecule has 0 spiro atoms. The van der Waals surface area contributed by atoms with Gasteiger partial charge >= 0.3 is 0 Å². The van der Waals surface area contributed by atoms with Crippen LogP contribution < -0.4 is 15.2 Å². The van der Waals surface area contributed by atoms with Gasteiger partial charge in [-0.3, -0.25) is 4.79 Å². The minimum atomic E-state index is -3.79. The number of amides is 1. The highest BCUT2D eigenvalue weighted by atomic mass is 32.2. The SMILES string of the molecule is CCCNC(=O)C1CCOc2ccc(S(N)(=O)=O)cc21. The Labute approximate surface area is 118 Å². The van der Waals surface area contributed by atoms with Crippen molar-refractivity contribution in [2.75, 3.05) is 13.2 Å². The van der Waals surface area contributed by atoms with Gasteiger partial charge < -0.3 is 10.1 Å². The lowest BCUT2D eigenvalue weighted by molar-refractivity contribution is -0.123. The fraction of sp³-hybridized carbons (Fsp3) is 0.462. The number of sulfonamides is 1. The van der Waals surface area contributed by atoms with Crippen LogP contribution in [0.25, 0.3) is 0 Å². The van der Waals surface area contributed by atoms with Gasteiger partial charge in [-0.2, -0.15) is 0 Å². The molecule has 1 atom stereocenters. The number of nitrogens with one attached hydrogen (secondary N) is 1. The van der Waals surface area contributed by atoms with Crippen LogP contribution in [0.1, 0.15) is 31.2 Å². The van der Waals surface area contributed by atoms with Crippen molar-refractivity contribution in [1.82, 2.24) is 5.32 Å². The first kappa shape index (κ1) is 14.8. The van der Waals surface area contributed by atoms with Crippen molar-refractivity contribution >= 4 is 15.9 Å². The Kier molecular flexibility index (Phi) is 4.29. The molecule has 1 aromatic carbocycles. The van der Waals surface area contributed by atoms with E-state index in [1.54, 1.807) is 6.07 Å². The van der Waals surface area contributed by atoms with Gasteiger partial charge in [-0.15, -0.1) is 0 Å². The topological polar surface area (TPSA) is 98.5 Å². The molecule has 0 aliphatic carbocycles. The van der Waals surface area contributed by atoms with E-state index in [0.717, 1.165) is 6.42 Å². The van der Waals surface area contributed by atoms with Gasteiger partial charge in [0, 0.05) is 12.1 Å². The summed E-state index contributed by atoms with van der Waals surface area (Å²) in [5.41, 5.74) is 0.580. The first-order valence-electron chi connectivity index (χ1n) is 6.50. The lowest BCUT2D eigenvalue weighted by atomic mass is 9.92. The van der Waals surface area contributed by atoms with Crippen LogP contribution in [0.4, 0.5) is 0 Å². The highest BCUT2D eigenvalue weighted by Crippen LogP contribution is 2.35. The van der Waals surface area contributed by atoms with E-state index in [1.165, 1.54) is 12.1 Å². The molecule has 0 saturated heterocycles. The number of hydrogen-bond donors (Lipinski definition) is 2. The van der Waals surface area contributed by atoms with Crippen LogP contribution in [-0.4, -0.2) is 27.5 Å². The first-order valence-corrected chi connectivity index (χ1v) is 8.05. The second-order valence-corrected chi connectivity index (χ2v) is 6.29. The summed E-state index contributed by atoms with van der Waals surface area (Å²) in [6, 6.07) is 4.37.